The monoisotopic (exact) mass is 316 g/mol. The maximum Gasteiger partial charge on any atom is 0.261 e. The maximum atomic E-state index is 12.6. The van der Waals surface area contributed by atoms with Crippen molar-refractivity contribution in [3.8, 4) is 10.7 Å². The zero-order valence-electron chi connectivity index (χ0n) is 12.6. The molecule has 3 aliphatic rings. The maximum absolute atomic E-state index is 12.6. The van der Waals surface area contributed by atoms with Gasteiger partial charge in [0.25, 0.3) is 5.91 Å². The minimum Gasteiger partial charge on any atom is -0.347 e. The predicted molar refractivity (Wildman–Crippen MR) is 86.9 cm³/mol. The van der Waals surface area contributed by atoms with Crippen molar-refractivity contribution in [1.82, 2.24) is 20.2 Å². The van der Waals surface area contributed by atoms with Gasteiger partial charge in [-0.25, -0.2) is 4.98 Å². The second kappa shape index (κ2) is 5.52. The van der Waals surface area contributed by atoms with E-state index in [1.54, 1.807) is 12.4 Å². The lowest BCUT2D eigenvalue weighted by molar-refractivity contribution is 0.0218. The van der Waals surface area contributed by atoms with Crippen LogP contribution in [-0.4, -0.2) is 45.9 Å². The van der Waals surface area contributed by atoms with Gasteiger partial charge in [-0.3, -0.25) is 9.69 Å². The van der Waals surface area contributed by atoms with Crippen molar-refractivity contribution in [2.45, 2.75) is 31.8 Å². The van der Waals surface area contributed by atoms with E-state index in [1.807, 2.05) is 12.1 Å². The lowest BCUT2D eigenvalue weighted by atomic mass is 9.79. The molecule has 2 aromatic heterocycles. The molecule has 0 spiro atoms. The van der Waals surface area contributed by atoms with E-state index in [4.69, 9.17) is 0 Å². The summed E-state index contributed by atoms with van der Waals surface area (Å²) in [6, 6.07) is 4.58. The molecule has 0 aromatic carbocycles. The second-order valence-electron chi connectivity index (χ2n) is 6.21. The molecule has 0 saturated carbocycles. The van der Waals surface area contributed by atoms with Gasteiger partial charge in [0, 0.05) is 24.5 Å². The average Bonchev–Trinajstić information content (AvgIpc) is 3.21. The van der Waals surface area contributed by atoms with E-state index < -0.39 is 0 Å². The number of aromatic nitrogens is 2. The van der Waals surface area contributed by atoms with Gasteiger partial charge in [-0.05, 0) is 50.9 Å². The van der Waals surface area contributed by atoms with Crippen molar-refractivity contribution in [2.24, 2.45) is 5.92 Å². The average molecular weight is 316 g/mol. The molecule has 0 radical (unpaired) electrons. The molecule has 0 unspecified atom stereocenters. The van der Waals surface area contributed by atoms with Crippen LogP contribution in [0.4, 0.5) is 0 Å². The number of hydrogen-bond donors (Lipinski definition) is 2. The van der Waals surface area contributed by atoms with Gasteiger partial charge in [0.1, 0.15) is 5.82 Å². The first kappa shape index (κ1) is 14.0. The molecule has 6 heteroatoms. The predicted octanol–water partition coefficient (Wildman–Crippen LogP) is 2.35. The lowest BCUT2D eigenvalue weighted by Crippen LogP contribution is -2.62. The molecule has 3 fully saturated rings. The summed E-state index contributed by atoms with van der Waals surface area (Å²) in [5.41, 5.74) is 0. The molecular weight excluding hydrogens is 296 g/mol. The van der Waals surface area contributed by atoms with Crippen molar-refractivity contribution >= 4 is 17.2 Å². The van der Waals surface area contributed by atoms with Gasteiger partial charge in [-0.15, -0.1) is 11.3 Å². The van der Waals surface area contributed by atoms with Crippen LogP contribution in [0.5, 0.6) is 0 Å². The highest BCUT2D eigenvalue weighted by Gasteiger charge is 2.40. The smallest absolute Gasteiger partial charge is 0.261 e. The number of hydrogen-bond acceptors (Lipinski definition) is 4. The zero-order valence-corrected chi connectivity index (χ0v) is 13.4. The summed E-state index contributed by atoms with van der Waals surface area (Å²) in [5, 5.41) is 3.27. The number of thiophene rings is 1. The normalized spacial score (nSPS) is 30.4. The quantitative estimate of drug-likeness (QED) is 0.914. The number of H-pyrrole nitrogens is 1. The lowest BCUT2D eigenvalue weighted by Gasteiger charge is -2.49. The summed E-state index contributed by atoms with van der Waals surface area (Å²) in [6.07, 6.45) is 5.93. The first-order valence-electron chi connectivity index (χ1n) is 7.87. The number of nitrogens with zero attached hydrogens (tertiary/aromatic N) is 2. The molecule has 1 amide bonds. The van der Waals surface area contributed by atoms with Crippen LogP contribution in [0.15, 0.2) is 24.5 Å². The summed E-state index contributed by atoms with van der Waals surface area (Å²) in [6.45, 7) is 4.60. The molecule has 5 rings (SSSR count). The van der Waals surface area contributed by atoms with E-state index >= 15 is 0 Å². The van der Waals surface area contributed by atoms with E-state index in [-0.39, 0.29) is 11.9 Å². The summed E-state index contributed by atoms with van der Waals surface area (Å²) >= 11 is 1.49. The van der Waals surface area contributed by atoms with Crippen LogP contribution >= 0.6 is 11.3 Å². The Bertz CT molecular complexity index is 656. The van der Waals surface area contributed by atoms with E-state index in [2.05, 4.69) is 27.1 Å². The third kappa shape index (κ3) is 2.36. The van der Waals surface area contributed by atoms with Crippen molar-refractivity contribution in [1.29, 1.82) is 0 Å². The fourth-order valence-corrected chi connectivity index (χ4v) is 4.62. The number of rotatable bonds is 3. The largest absolute Gasteiger partial charge is 0.347 e. The number of amides is 1. The Hall–Kier alpha value is -1.66. The molecular formula is C16H20N4OS. The highest BCUT2D eigenvalue weighted by molar-refractivity contribution is 7.17. The van der Waals surface area contributed by atoms with Crippen LogP contribution in [-0.2, 0) is 0 Å². The minimum absolute atomic E-state index is 0.0495. The Morgan fingerprint density at radius 2 is 2.23 bits per heavy atom. The standard InChI is InChI=1S/C16H20N4OS/c1-10-14(11-4-8-20(10)9-5-11)19-16(21)13-3-2-12(22-13)15-17-6-7-18-15/h2-3,6-7,10-11,14H,4-5,8-9H2,1H3,(H,17,18)(H,19,21)/t10-,14-/m0/s1. The van der Waals surface area contributed by atoms with E-state index in [0.717, 1.165) is 15.6 Å². The number of piperidine rings is 3. The molecule has 2 N–H and O–H groups in total. The van der Waals surface area contributed by atoms with Gasteiger partial charge in [0.2, 0.25) is 0 Å². The first-order chi connectivity index (χ1) is 10.7. The van der Waals surface area contributed by atoms with Crippen molar-refractivity contribution in [2.75, 3.05) is 13.1 Å². The van der Waals surface area contributed by atoms with Gasteiger partial charge >= 0.3 is 0 Å². The summed E-state index contributed by atoms with van der Waals surface area (Å²) in [5.74, 6) is 1.50. The van der Waals surface area contributed by atoms with Crippen molar-refractivity contribution in [3.63, 3.8) is 0 Å². The minimum atomic E-state index is 0.0495. The van der Waals surface area contributed by atoms with Gasteiger partial charge in [-0.1, -0.05) is 0 Å². The number of carbonyl (C=O) groups excluding carboxylic acids is 1. The number of carbonyl (C=O) groups is 1. The highest BCUT2D eigenvalue weighted by Crippen LogP contribution is 2.33. The number of fused-ring (bicyclic) bond motifs is 3. The fourth-order valence-electron chi connectivity index (χ4n) is 3.75. The fraction of sp³-hybridized carbons (Fsp3) is 0.500. The number of imidazole rings is 1. The Balaban J connectivity index is 1.48. The van der Waals surface area contributed by atoms with Gasteiger partial charge in [-0.2, -0.15) is 0 Å². The third-order valence-electron chi connectivity index (χ3n) is 5.04. The number of nitrogens with one attached hydrogen (secondary N) is 2. The molecule has 22 heavy (non-hydrogen) atoms. The van der Waals surface area contributed by atoms with Crippen LogP contribution < -0.4 is 5.32 Å². The van der Waals surface area contributed by atoms with E-state index in [0.29, 0.717) is 12.0 Å². The molecule has 3 aliphatic heterocycles. The van der Waals surface area contributed by atoms with Crippen LogP contribution in [0.25, 0.3) is 10.7 Å². The van der Waals surface area contributed by atoms with Crippen LogP contribution in [0, 0.1) is 5.92 Å². The molecule has 3 saturated heterocycles. The summed E-state index contributed by atoms with van der Waals surface area (Å²) in [4.78, 5) is 24.1. The zero-order chi connectivity index (χ0) is 15.1. The molecule has 5 heterocycles. The van der Waals surface area contributed by atoms with E-state index in [9.17, 15) is 4.79 Å². The van der Waals surface area contributed by atoms with Gasteiger partial charge < -0.3 is 10.3 Å². The summed E-state index contributed by atoms with van der Waals surface area (Å²) in [7, 11) is 0. The van der Waals surface area contributed by atoms with E-state index in [1.165, 1.54) is 37.3 Å². The Kier molecular flexibility index (Phi) is 3.50. The molecule has 2 aromatic rings. The Morgan fingerprint density at radius 1 is 1.41 bits per heavy atom. The van der Waals surface area contributed by atoms with Gasteiger partial charge in [0.15, 0.2) is 0 Å². The molecule has 116 valence electrons. The molecule has 5 nitrogen and oxygen atoms in total. The topological polar surface area (TPSA) is 61.0 Å². The molecule has 2 bridgehead atoms. The molecule has 2 atom stereocenters. The molecule has 0 aliphatic carbocycles. The van der Waals surface area contributed by atoms with Gasteiger partial charge in [0.05, 0.1) is 9.75 Å². The number of aromatic amines is 1. The first-order valence-corrected chi connectivity index (χ1v) is 8.68. The van der Waals surface area contributed by atoms with Crippen LogP contribution in [0.3, 0.4) is 0 Å². The second-order valence-corrected chi connectivity index (χ2v) is 7.30. The summed E-state index contributed by atoms with van der Waals surface area (Å²) < 4.78 is 0. The highest BCUT2D eigenvalue weighted by atomic mass is 32.1. The SMILES string of the molecule is C[C@H]1[C@H](NC(=O)c2ccc(-c3ncc[nH]3)s2)C2CCN1CC2. The Morgan fingerprint density at radius 3 is 2.91 bits per heavy atom. The van der Waals surface area contributed by atoms with Crippen molar-refractivity contribution in [3.05, 3.63) is 29.4 Å². The van der Waals surface area contributed by atoms with Crippen LogP contribution in [0.1, 0.15) is 29.4 Å². The Labute approximate surface area is 133 Å². The van der Waals surface area contributed by atoms with Crippen LogP contribution in [0.2, 0.25) is 0 Å². The van der Waals surface area contributed by atoms with Crippen molar-refractivity contribution < 1.29 is 4.79 Å². The third-order valence-corrected chi connectivity index (χ3v) is 6.13.